The molecular weight excluding hydrogens is 343 g/mol. The van der Waals surface area contributed by atoms with Gasteiger partial charge in [-0.05, 0) is 35.2 Å². The standard InChI is InChI=1S/C22H25FN2O2/c23-19-7-5-18(6-8-19)22-20-4-2-1-3-17(20)9-11-25(22)21(26)13-16-14-24-10-12-27-15-16/h1-8,16,22,24H,9-15H2/t16-,22-/m1/s1. The molecule has 2 aromatic carbocycles. The summed E-state index contributed by atoms with van der Waals surface area (Å²) >= 11 is 0. The minimum absolute atomic E-state index is 0.135. The number of nitrogens with zero attached hydrogens (tertiary/aromatic N) is 1. The van der Waals surface area contributed by atoms with Gasteiger partial charge in [-0.1, -0.05) is 36.4 Å². The van der Waals surface area contributed by atoms with Gasteiger partial charge in [-0.2, -0.15) is 0 Å². The van der Waals surface area contributed by atoms with E-state index in [1.165, 1.54) is 17.7 Å². The van der Waals surface area contributed by atoms with Crippen molar-refractivity contribution in [2.24, 2.45) is 5.92 Å². The highest BCUT2D eigenvalue weighted by Crippen LogP contribution is 2.36. The minimum atomic E-state index is -0.262. The summed E-state index contributed by atoms with van der Waals surface area (Å²) in [5.74, 6) is 0.0598. The molecule has 2 aliphatic rings. The number of carbonyl (C=O) groups excluding carboxylic acids is 1. The zero-order chi connectivity index (χ0) is 18.6. The van der Waals surface area contributed by atoms with Crippen molar-refractivity contribution in [1.82, 2.24) is 10.2 Å². The summed E-state index contributed by atoms with van der Waals surface area (Å²) < 4.78 is 19.1. The van der Waals surface area contributed by atoms with Crippen LogP contribution in [0.5, 0.6) is 0 Å². The average Bonchev–Trinajstić information content (AvgIpc) is 2.96. The van der Waals surface area contributed by atoms with E-state index in [-0.39, 0.29) is 23.7 Å². The van der Waals surface area contributed by atoms with Crippen LogP contribution in [0.15, 0.2) is 48.5 Å². The molecule has 5 heteroatoms. The van der Waals surface area contributed by atoms with Gasteiger partial charge in [0.25, 0.3) is 0 Å². The third-order valence-electron chi connectivity index (χ3n) is 5.46. The number of amides is 1. The largest absolute Gasteiger partial charge is 0.380 e. The van der Waals surface area contributed by atoms with E-state index in [0.717, 1.165) is 30.6 Å². The highest BCUT2D eigenvalue weighted by molar-refractivity contribution is 5.78. The predicted molar refractivity (Wildman–Crippen MR) is 102 cm³/mol. The van der Waals surface area contributed by atoms with Gasteiger partial charge in [-0.3, -0.25) is 4.79 Å². The molecule has 1 N–H and O–H groups in total. The number of fused-ring (bicyclic) bond motifs is 1. The van der Waals surface area contributed by atoms with Crippen molar-refractivity contribution in [3.63, 3.8) is 0 Å². The first-order chi connectivity index (χ1) is 13.2. The zero-order valence-corrected chi connectivity index (χ0v) is 15.4. The first-order valence-corrected chi connectivity index (χ1v) is 9.63. The third kappa shape index (κ3) is 4.04. The smallest absolute Gasteiger partial charge is 0.223 e. The number of carbonyl (C=O) groups is 1. The van der Waals surface area contributed by atoms with E-state index in [0.29, 0.717) is 26.2 Å². The first kappa shape index (κ1) is 18.1. The SMILES string of the molecule is O=C(C[C@@H]1CNCCOC1)N1CCc2ccccc2[C@H]1c1ccc(F)cc1. The Kier molecular flexibility index (Phi) is 5.50. The lowest BCUT2D eigenvalue weighted by molar-refractivity contribution is -0.134. The second-order valence-electron chi connectivity index (χ2n) is 7.34. The van der Waals surface area contributed by atoms with Crippen LogP contribution in [0.2, 0.25) is 0 Å². The molecule has 0 aromatic heterocycles. The molecule has 0 bridgehead atoms. The van der Waals surface area contributed by atoms with Gasteiger partial charge in [0.15, 0.2) is 0 Å². The number of benzene rings is 2. The van der Waals surface area contributed by atoms with Gasteiger partial charge in [0, 0.05) is 32.0 Å². The van der Waals surface area contributed by atoms with Crippen molar-refractivity contribution in [1.29, 1.82) is 0 Å². The lowest BCUT2D eigenvalue weighted by Gasteiger charge is -2.38. The topological polar surface area (TPSA) is 41.6 Å². The molecule has 0 unspecified atom stereocenters. The molecule has 4 nitrogen and oxygen atoms in total. The molecule has 4 rings (SSSR count). The fraction of sp³-hybridized carbons (Fsp3) is 0.409. The molecule has 1 fully saturated rings. The van der Waals surface area contributed by atoms with Crippen molar-refractivity contribution < 1.29 is 13.9 Å². The van der Waals surface area contributed by atoms with Gasteiger partial charge in [-0.15, -0.1) is 0 Å². The van der Waals surface area contributed by atoms with Crippen molar-refractivity contribution >= 4 is 5.91 Å². The highest BCUT2D eigenvalue weighted by atomic mass is 19.1. The Bertz CT molecular complexity index is 785. The molecule has 2 heterocycles. The van der Waals surface area contributed by atoms with E-state index < -0.39 is 0 Å². The summed E-state index contributed by atoms with van der Waals surface area (Å²) in [6.45, 7) is 3.63. The van der Waals surface area contributed by atoms with E-state index in [9.17, 15) is 9.18 Å². The van der Waals surface area contributed by atoms with Crippen LogP contribution in [0.1, 0.15) is 29.2 Å². The zero-order valence-electron chi connectivity index (χ0n) is 15.4. The second kappa shape index (κ2) is 8.19. The van der Waals surface area contributed by atoms with Gasteiger partial charge in [0.2, 0.25) is 5.91 Å². The van der Waals surface area contributed by atoms with E-state index in [1.807, 2.05) is 17.0 Å². The molecule has 0 saturated carbocycles. The maximum absolute atomic E-state index is 13.5. The lowest BCUT2D eigenvalue weighted by Crippen LogP contribution is -2.42. The maximum Gasteiger partial charge on any atom is 0.223 e. The summed E-state index contributed by atoms with van der Waals surface area (Å²) in [6, 6.07) is 14.6. The number of rotatable bonds is 3. The van der Waals surface area contributed by atoms with Gasteiger partial charge in [0.05, 0.1) is 19.3 Å². The number of hydrogen-bond acceptors (Lipinski definition) is 3. The Morgan fingerprint density at radius 2 is 2.00 bits per heavy atom. The van der Waals surface area contributed by atoms with Gasteiger partial charge in [-0.25, -0.2) is 4.39 Å². The molecule has 0 spiro atoms. The fourth-order valence-electron chi connectivity index (χ4n) is 4.09. The third-order valence-corrected chi connectivity index (χ3v) is 5.46. The van der Waals surface area contributed by atoms with Crippen molar-refractivity contribution in [2.45, 2.75) is 18.9 Å². The molecule has 27 heavy (non-hydrogen) atoms. The summed E-state index contributed by atoms with van der Waals surface area (Å²) in [5, 5.41) is 3.33. The molecule has 2 aliphatic heterocycles. The Morgan fingerprint density at radius 1 is 1.19 bits per heavy atom. The van der Waals surface area contributed by atoms with Crippen LogP contribution >= 0.6 is 0 Å². The number of hydrogen-bond donors (Lipinski definition) is 1. The predicted octanol–water partition coefficient (Wildman–Crippen LogP) is 2.93. The van der Waals surface area contributed by atoms with E-state index in [2.05, 4.69) is 17.4 Å². The Labute approximate surface area is 159 Å². The van der Waals surface area contributed by atoms with E-state index >= 15 is 0 Å². The second-order valence-corrected chi connectivity index (χ2v) is 7.34. The van der Waals surface area contributed by atoms with Crippen LogP contribution in [-0.2, 0) is 16.0 Å². The number of ether oxygens (including phenoxy) is 1. The molecule has 1 saturated heterocycles. The molecule has 0 radical (unpaired) electrons. The lowest BCUT2D eigenvalue weighted by atomic mass is 9.87. The van der Waals surface area contributed by atoms with Crippen molar-refractivity contribution in [2.75, 3.05) is 32.8 Å². The van der Waals surface area contributed by atoms with E-state index in [4.69, 9.17) is 4.74 Å². The first-order valence-electron chi connectivity index (χ1n) is 9.63. The Morgan fingerprint density at radius 3 is 2.85 bits per heavy atom. The molecule has 2 atom stereocenters. The summed E-state index contributed by atoms with van der Waals surface area (Å²) in [4.78, 5) is 15.2. The van der Waals surface area contributed by atoms with Crippen LogP contribution in [-0.4, -0.2) is 43.7 Å². The van der Waals surface area contributed by atoms with Crippen LogP contribution in [0, 0.1) is 11.7 Å². The molecular formula is C22H25FN2O2. The quantitative estimate of drug-likeness (QED) is 0.906. The normalized spacial score (nSPS) is 22.8. The molecule has 142 valence electrons. The molecule has 0 aliphatic carbocycles. The number of nitrogens with one attached hydrogen (secondary N) is 1. The van der Waals surface area contributed by atoms with Gasteiger partial charge < -0.3 is 15.0 Å². The fourth-order valence-corrected chi connectivity index (χ4v) is 4.09. The summed E-state index contributed by atoms with van der Waals surface area (Å²) in [5.41, 5.74) is 3.35. The molecule has 1 amide bonds. The monoisotopic (exact) mass is 368 g/mol. The highest BCUT2D eigenvalue weighted by Gasteiger charge is 2.32. The Balaban J connectivity index is 1.62. The Hall–Kier alpha value is -2.24. The minimum Gasteiger partial charge on any atom is -0.380 e. The van der Waals surface area contributed by atoms with Crippen molar-refractivity contribution in [3.05, 3.63) is 71.0 Å². The number of halogens is 1. The van der Waals surface area contributed by atoms with Crippen LogP contribution in [0.3, 0.4) is 0 Å². The maximum atomic E-state index is 13.5. The van der Waals surface area contributed by atoms with Crippen LogP contribution in [0.4, 0.5) is 4.39 Å². The van der Waals surface area contributed by atoms with E-state index in [1.54, 1.807) is 12.1 Å². The van der Waals surface area contributed by atoms with Gasteiger partial charge >= 0.3 is 0 Å². The summed E-state index contributed by atoms with van der Waals surface area (Å²) in [6.07, 6.45) is 1.31. The average molecular weight is 368 g/mol. The summed E-state index contributed by atoms with van der Waals surface area (Å²) in [7, 11) is 0. The van der Waals surface area contributed by atoms with Crippen LogP contribution in [0.25, 0.3) is 0 Å². The molecule has 2 aromatic rings. The van der Waals surface area contributed by atoms with Gasteiger partial charge in [0.1, 0.15) is 5.82 Å². The van der Waals surface area contributed by atoms with Crippen LogP contribution < -0.4 is 5.32 Å². The van der Waals surface area contributed by atoms with Crippen molar-refractivity contribution in [3.8, 4) is 0 Å².